The molecule has 0 saturated heterocycles. The van der Waals surface area contributed by atoms with Crippen molar-refractivity contribution < 1.29 is 21.6 Å². The zero-order valence-electron chi connectivity index (χ0n) is 9.47. The van der Waals surface area contributed by atoms with E-state index >= 15 is 0 Å². The molecule has 3 nitrogen and oxygen atoms in total. The van der Waals surface area contributed by atoms with Gasteiger partial charge in [-0.1, -0.05) is 6.92 Å². The van der Waals surface area contributed by atoms with Gasteiger partial charge in [0.15, 0.2) is 0 Å². The van der Waals surface area contributed by atoms with Crippen molar-refractivity contribution in [2.75, 3.05) is 18.1 Å². The predicted octanol–water partition coefficient (Wildman–Crippen LogP) is 1.74. The Morgan fingerprint density at radius 2 is 1.88 bits per heavy atom. The quantitative estimate of drug-likeness (QED) is 0.710. The fourth-order valence-corrected chi connectivity index (χ4v) is 2.08. The van der Waals surface area contributed by atoms with Gasteiger partial charge in [-0.15, -0.1) is 0 Å². The molecule has 0 fully saturated rings. The van der Waals surface area contributed by atoms with E-state index in [9.17, 15) is 21.6 Å². The summed E-state index contributed by atoms with van der Waals surface area (Å²) >= 11 is 0. The SMILES string of the molecule is CCS(=O)(=O)CCCNC(C)CC(F)(F)F. The molecular formula is C9H18F3NO2S. The highest BCUT2D eigenvalue weighted by molar-refractivity contribution is 7.91. The minimum atomic E-state index is -4.18. The van der Waals surface area contributed by atoms with Crippen molar-refractivity contribution in [1.82, 2.24) is 5.32 Å². The second-order valence-corrected chi connectivity index (χ2v) is 6.24. The van der Waals surface area contributed by atoms with E-state index in [1.54, 1.807) is 6.92 Å². The van der Waals surface area contributed by atoms with Crippen molar-refractivity contribution in [3.05, 3.63) is 0 Å². The molecule has 7 heteroatoms. The highest BCUT2D eigenvalue weighted by Gasteiger charge is 2.29. The number of nitrogens with one attached hydrogen (secondary N) is 1. The van der Waals surface area contributed by atoms with E-state index in [0.29, 0.717) is 6.42 Å². The van der Waals surface area contributed by atoms with Crippen LogP contribution >= 0.6 is 0 Å². The van der Waals surface area contributed by atoms with Crippen LogP contribution in [-0.2, 0) is 9.84 Å². The van der Waals surface area contributed by atoms with E-state index in [1.165, 1.54) is 6.92 Å². The largest absolute Gasteiger partial charge is 0.390 e. The van der Waals surface area contributed by atoms with Crippen LogP contribution in [0.25, 0.3) is 0 Å². The van der Waals surface area contributed by atoms with Gasteiger partial charge in [-0.05, 0) is 19.9 Å². The topological polar surface area (TPSA) is 46.2 Å². The van der Waals surface area contributed by atoms with Gasteiger partial charge in [-0.2, -0.15) is 13.2 Å². The van der Waals surface area contributed by atoms with Crippen LogP contribution in [0.2, 0.25) is 0 Å². The molecule has 1 unspecified atom stereocenters. The second-order valence-electron chi connectivity index (χ2n) is 3.76. The summed E-state index contributed by atoms with van der Waals surface area (Å²) in [6, 6.07) is -0.677. The predicted molar refractivity (Wildman–Crippen MR) is 57.1 cm³/mol. The molecule has 0 bridgehead atoms. The Kier molecular flexibility index (Phi) is 6.32. The molecule has 0 heterocycles. The summed E-state index contributed by atoms with van der Waals surface area (Å²) in [6.45, 7) is 3.27. The molecule has 0 saturated carbocycles. The van der Waals surface area contributed by atoms with Gasteiger partial charge >= 0.3 is 6.18 Å². The average molecular weight is 261 g/mol. The number of sulfone groups is 1. The van der Waals surface area contributed by atoms with Crippen molar-refractivity contribution in [3.8, 4) is 0 Å². The first kappa shape index (κ1) is 15.7. The lowest BCUT2D eigenvalue weighted by molar-refractivity contribution is -0.138. The number of hydrogen-bond donors (Lipinski definition) is 1. The standard InChI is InChI=1S/C9H18F3NO2S/c1-3-16(14,15)6-4-5-13-8(2)7-9(10,11)12/h8,13H,3-7H2,1-2H3. The maximum atomic E-state index is 11.9. The molecule has 16 heavy (non-hydrogen) atoms. The van der Waals surface area contributed by atoms with Gasteiger partial charge in [0.2, 0.25) is 0 Å². The molecule has 0 amide bonds. The van der Waals surface area contributed by atoms with Crippen molar-refractivity contribution in [3.63, 3.8) is 0 Å². The number of alkyl halides is 3. The van der Waals surface area contributed by atoms with E-state index in [0.717, 1.165) is 0 Å². The lowest BCUT2D eigenvalue weighted by Crippen LogP contribution is -2.32. The molecule has 0 rings (SSSR count). The summed E-state index contributed by atoms with van der Waals surface area (Å²) in [4.78, 5) is 0. The summed E-state index contributed by atoms with van der Waals surface area (Å²) in [5.41, 5.74) is 0. The lowest BCUT2D eigenvalue weighted by atomic mass is 10.2. The van der Waals surface area contributed by atoms with E-state index < -0.39 is 28.5 Å². The molecule has 0 aliphatic carbocycles. The molecule has 1 N–H and O–H groups in total. The van der Waals surface area contributed by atoms with Crippen LogP contribution in [0, 0.1) is 0 Å². The van der Waals surface area contributed by atoms with Crippen LogP contribution in [0.5, 0.6) is 0 Å². The van der Waals surface area contributed by atoms with E-state index in [4.69, 9.17) is 0 Å². The van der Waals surface area contributed by atoms with Gasteiger partial charge in [0.05, 0.1) is 12.2 Å². The molecule has 0 spiro atoms. The summed E-state index contributed by atoms with van der Waals surface area (Å²) in [7, 11) is -3.01. The molecule has 0 aliphatic heterocycles. The first-order valence-corrected chi connectivity index (χ1v) is 6.99. The van der Waals surface area contributed by atoms with Gasteiger partial charge in [0, 0.05) is 11.8 Å². The second kappa shape index (κ2) is 6.44. The third kappa shape index (κ3) is 8.96. The molecule has 0 aromatic rings. The maximum absolute atomic E-state index is 11.9. The maximum Gasteiger partial charge on any atom is 0.390 e. The van der Waals surface area contributed by atoms with Crippen LogP contribution in [0.1, 0.15) is 26.7 Å². The van der Waals surface area contributed by atoms with Crippen LogP contribution in [0.4, 0.5) is 13.2 Å². The molecule has 0 aromatic heterocycles. The minimum Gasteiger partial charge on any atom is -0.314 e. The zero-order chi connectivity index (χ0) is 12.8. The Balaban J connectivity index is 3.68. The molecule has 1 atom stereocenters. The van der Waals surface area contributed by atoms with Gasteiger partial charge in [0.25, 0.3) is 0 Å². The smallest absolute Gasteiger partial charge is 0.314 e. The van der Waals surface area contributed by atoms with Gasteiger partial charge in [-0.25, -0.2) is 8.42 Å². The third-order valence-electron chi connectivity index (χ3n) is 2.10. The first-order valence-electron chi connectivity index (χ1n) is 5.17. The van der Waals surface area contributed by atoms with E-state index in [-0.39, 0.29) is 18.1 Å². The molecule has 0 aliphatic rings. The Bertz CT molecular complexity index is 288. The van der Waals surface area contributed by atoms with Crippen LogP contribution in [0.15, 0.2) is 0 Å². The lowest BCUT2D eigenvalue weighted by Gasteiger charge is -2.15. The monoisotopic (exact) mass is 261 g/mol. The number of rotatable bonds is 7. The molecule has 98 valence electrons. The Morgan fingerprint density at radius 3 is 2.31 bits per heavy atom. The normalized spacial score (nSPS) is 15.1. The van der Waals surface area contributed by atoms with E-state index in [2.05, 4.69) is 5.32 Å². The highest BCUT2D eigenvalue weighted by Crippen LogP contribution is 2.21. The van der Waals surface area contributed by atoms with Crippen LogP contribution < -0.4 is 5.32 Å². The summed E-state index contributed by atoms with van der Waals surface area (Å²) in [5, 5.41) is 2.65. The van der Waals surface area contributed by atoms with Crippen molar-refractivity contribution >= 4 is 9.84 Å². The van der Waals surface area contributed by atoms with E-state index in [1.807, 2.05) is 0 Å². The van der Waals surface area contributed by atoms with Crippen LogP contribution in [0.3, 0.4) is 0 Å². The Labute approximate surface area is 94.3 Å². The van der Waals surface area contributed by atoms with Crippen molar-refractivity contribution in [1.29, 1.82) is 0 Å². The Morgan fingerprint density at radius 1 is 1.31 bits per heavy atom. The highest BCUT2D eigenvalue weighted by atomic mass is 32.2. The third-order valence-corrected chi connectivity index (χ3v) is 3.89. The number of hydrogen-bond acceptors (Lipinski definition) is 3. The summed E-state index contributed by atoms with van der Waals surface area (Å²) in [6.07, 6.45) is -4.73. The Hall–Kier alpha value is -0.300. The van der Waals surface area contributed by atoms with Crippen LogP contribution in [-0.4, -0.2) is 38.7 Å². The minimum absolute atomic E-state index is 0.0231. The fraction of sp³-hybridized carbons (Fsp3) is 1.00. The first-order chi connectivity index (χ1) is 7.16. The average Bonchev–Trinajstić information content (AvgIpc) is 2.10. The molecule has 0 radical (unpaired) electrons. The summed E-state index contributed by atoms with van der Waals surface area (Å²) < 4.78 is 57.9. The zero-order valence-corrected chi connectivity index (χ0v) is 10.3. The van der Waals surface area contributed by atoms with Gasteiger partial charge in [-0.3, -0.25) is 0 Å². The summed E-state index contributed by atoms with van der Waals surface area (Å²) in [5.74, 6) is 0.0976. The number of halogens is 3. The molecular weight excluding hydrogens is 243 g/mol. The van der Waals surface area contributed by atoms with Crippen molar-refractivity contribution in [2.45, 2.75) is 38.9 Å². The molecule has 0 aromatic carbocycles. The van der Waals surface area contributed by atoms with Crippen molar-refractivity contribution in [2.24, 2.45) is 0 Å². The van der Waals surface area contributed by atoms with Gasteiger partial charge in [0.1, 0.15) is 9.84 Å². The fourth-order valence-electron chi connectivity index (χ4n) is 1.20. The van der Waals surface area contributed by atoms with Gasteiger partial charge < -0.3 is 5.32 Å².